The van der Waals surface area contributed by atoms with Crippen molar-refractivity contribution in [2.75, 3.05) is 33.7 Å². The fraction of sp³-hybridized carbons (Fsp3) is 0.647. The number of aromatic nitrogens is 1. The van der Waals surface area contributed by atoms with Crippen molar-refractivity contribution in [3.63, 3.8) is 0 Å². The van der Waals surface area contributed by atoms with E-state index in [0.717, 1.165) is 17.7 Å². The summed E-state index contributed by atoms with van der Waals surface area (Å²) < 4.78 is 1.56. The van der Waals surface area contributed by atoms with Crippen LogP contribution in [0.1, 0.15) is 35.0 Å². The quantitative estimate of drug-likeness (QED) is 0.871. The molecule has 6 nitrogen and oxygen atoms in total. The first kappa shape index (κ1) is 17.7. The normalized spacial score (nSPS) is 21.3. The summed E-state index contributed by atoms with van der Waals surface area (Å²) in [7, 11) is 5.49. The van der Waals surface area contributed by atoms with E-state index < -0.39 is 5.60 Å². The van der Waals surface area contributed by atoms with E-state index in [2.05, 4.69) is 0 Å². The zero-order valence-corrected chi connectivity index (χ0v) is 14.7. The molecular formula is C17H27N3O3. The second-order valence-corrected chi connectivity index (χ2v) is 6.84. The van der Waals surface area contributed by atoms with Crippen LogP contribution in [0.5, 0.6) is 0 Å². The molecule has 0 spiro atoms. The Hall–Kier alpha value is -1.66. The molecule has 128 valence electrons. The predicted octanol–water partition coefficient (Wildman–Crippen LogP) is 0.395. The number of nitrogens with zero attached hydrogens (tertiary/aromatic N) is 3. The van der Waals surface area contributed by atoms with Gasteiger partial charge in [-0.05, 0) is 45.5 Å². The molecule has 0 aromatic carbocycles. The predicted molar refractivity (Wildman–Crippen MR) is 89.8 cm³/mol. The summed E-state index contributed by atoms with van der Waals surface area (Å²) in [6.45, 7) is 5.15. The lowest BCUT2D eigenvalue weighted by Crippen LogP contribution is -2.44. The minimum atomic E-state index is -0.900. The minimum absolute atomic E-state index is 0.191. The highest BCUT2D eigenvalue weighted by atomic mass is 16.3. The number of hydrogen-bond acceptors (Lipinski definition) is 4. The minimum Gasteiger partial charge on any atom is -0.387 e. The molecule has 1 aromatic rings. The van der Waals surface area contributed by atoms with E-state index in [-0.39, 0.29) is 23.6 Å². The molecule has 2 rings (SSSR count). The summed E-state index contributed by atoms with van der Waals surface area (Å²) in [5.74, 6) is -0.286. The Morgan fingerprint density at radius 2 is 2.09 bits per heavy atom. The molecule has 23 heavy (non-hydrogen) atoms. The van der Waals surface area contributed by atoms with E-state index in [0.29, 0.717) is 19.5 Å². The lowest BCUT2D eigenvalue weighted by Gasteiger charge is -2.26. The summed E-state index contributed by atoms with van der Waals surface area (Å²) in [5, 5.41) is 10.6. The summed E-state index contributed by atoms with van der Waals surface area (Å²) in [5.41, 5.74) is 0.914. The second-order valence-electron chi connectivity index (χ2n) is 6.84. The van der Waals surface area contributed by atoms with E-state index in [1.165, 1.54) is 0 Å². The molecule has 0 bridgehead atoms. The third-order valence-corrected chi connectivity index (χ3v) is 4.55. The Balaban J connectivity index is 2.28. The number of amides is 1. The summed E-state index contributed by atoms with van der Waals surface area (Å²) >= 11 is 0. The topological polar surface area (TPSA) is 65.8 Å². The number of pyridine rings is 1. The zero-order chi connectivity index (χ0) is 17.4. The van der Waals surface area contributed by atoms with Gasteiger partial charge < -0.3 is 19.5 Å². The van der Waals surface area contributed by atoms with Gasteiger partial charge in [0, 0.05) is 25.8 Å². The molecule has 1 fully saturated rings. The fourth-order valence-corrected chi connectivity index (χ4v) is 3.52. The Bertz CT molecular complexity index is 666. The number of likely N-dealkylation sites (N-methyl/N-ethyl adjacent to an activating group) is 1. The van der Waals surface area contributed by atoms with E-state index >= 15 is 0 Å². The molecule has 0 aliphatic carbocycles. The maximum absolute atomic E-state index is 12.7. The molecule has 6 heteroatoms. The standard InChI is InChI=1S/C17H27N3O3/c1-6-14-12(2)9-13(15(21)19(14)5)16(22)20-8-7-17(23,11-20)10-18(3)4/h9,23H,6-8,10-11H2,1-5H3/t17-/m0/s1. The van der Waals surface area contributed by atoms with Crippen LogP contribution in [0.4, 0.5) is 0 Å². The van der Waals surface area contributed by atoms with Crippen LogP contribution < -0.4 is 5.56 Å². The van der Waals surface area contributed by atoms with Crippen molar-refractivity contribution in [1.29, 1.82) is 0 Å². The lowest BCUT2D eigenvalue weighted by atomic mass is 10.0. The van der Waals surface area contributed by atoms with E-state index in [9.17, 15) is 14.7 Å². The summed E-state index contributed by atoms with van der Waals surface area (Å²) in [6, 6.07) is 1.69. The first-order chi connectivity index (χ1) is 10.7. The van der Waals surface area contributed by atoms with Crippen LogP contribution in [0.25, 0.3) is 0 Å². The van der Waals surface area contributed by atoms with Gasteiger partial charge in [-0.1, -0.05) is 6.92 Å². The van der Waals surface area contributed by atoms with Gasteiger partial charge in [0.2, 0.25) is 0 Å². The van der Waals surface area contributed by atoms with Crippen molar-refractivity contribution >= 4 is 5.91 Å². The molecule has 1 N–H and O–H groups in total. The van der Waals surface area contributed by atoms with Crippen molar-refractivity contribution in [2.24, 2.45) is 7.05 Å². The van der Waals surface area contributed by atoms with Gasteiger partial charge in [-0.3, -0.25) is 9.59 Å². The van der Waals surface area contributed by atoms with Crippen molar-refractivity contribution in [2.45, 2.75) is 32.3 Å². The number of aliphatic hydroxyl groups is 1. The number of carbonyl (C=O) groups is 1. The van der Waals surface area contributed by atoms with Crippen molar-refractivity contribution in [3.8, 4) is 0 Å². The van der Waals surface area contributed by atoms with Gasteiger partial charge in [-0.15, -0.1) is 0 Å². The molecule has 1 amide bonds. The molecular weight excluding hydrogens is 294 g/mol. The highest BCUT2D eigenvalue weighted by Gasteiger charge is 2.39. The van der Waals surface area contributed by atoms with Crippen LogP contribution >= 0.6 is 0 Å². The summed E-state index contributed by atoms with van der Waals surface area (Å²) in [4.78, 5) is 28.7. The fourth-order valence-electron chi connectivity index (χ4n) is 3.52. The van der Waals surface area contributed by atoms with Gasteiger partial charge in [-0.25, -0.2) is 0 Å². The van der Waals surface area contributed by atoms with Crippen LogP contribution in [0.15, 0.2) is 10.9 Å². The largest absolute Gasteiger partial charge is 0.387 e. The SMILES string of the molecule is CCc1c(C)cc(C(=O)N2CC[C@](O)(CN(C)C)C2)c(=O)n1C. The van der Waals surface area contributed by atoms with Crippen molar-refractivity contribution in [3.05, 3.63) is 33.2 Å². The van der Waals surface area contributed by atoms with Gasteiger partial charge in [0.15, 0.2) is 0 Å². The number of aryl methyl sites for hydroxylation is 1. The molecule has 0 saturated carbocycles. The van der Waals surface area contributed by atoms with Crippen LogP contribution in [0.3, 0.4) is 0 Å². The first-order valence-corrected chi connectivity index (χ1v) is 8.04. The van der Waals surface area contributed by atoms with Crippen LogP contribution in [-0.2, 0) is 13.5 Å². The molecule has 1 saturated heterocycles. The number of likely N-dealkylation sites (tertiary alicyclic amines) is 1. The van der Waals surface area contributed by atoms with E-state index in [4.69, 9.17) is 0 Å². The smallest absolute Gasteiger partial charge is 0.263 e. The number of hydrogen-bond donors (Lipinski definition) is 1. The van der Waals surface area contributed by atoms with Crippen molar-refractivity contribution in [1.82, 2.24) is 14.4 Å². The zero-order valence-electron chi connectivity index (χ0n) is 14.7. The Morgan fingerprint density at radius 3 is 2.65 bits per heavy atom. The highest BCUT2D eigenvalue weighted by molar-refractivity contribution is 5.94. The second kappa shape index (κ2) is 6.45. The van der Waals surface area contributed by atoms with Crippen LogP contribution in [-0.4, -0.2) is 64.7 Å². The highest BCUT2D eigenvalue weighted by Crippen LogP contribution is 2.23. The van der Waals surface area contributed by atoms with Crippen molar-refractivity contribution < 1.29 is 9.90 Å². The van der Waals surface area contributed by atoms with Gasteiger partial charge in [0.05, 0.1) is 12.1 Å². The number of rotatable bonds is 4. The maximum atomic E-state index is 12.7. The maximum Gasteiger partial charge on any atom is 0.263 e. The number of carbonyl (C=O) groups excluding carboxylic acids is 1. The van der Waals surface area contributed by atoms with Gasteiger partial charge >= 0.3 is 0 Å². The molecule has 0 unspecified atom stereocenters. The van der Waals surface area contributed by atoms with Crippen LogP contribution in [0.2, 0.25) is 0 Å². The van der Waals surface area contributed by atoms with Gasteiger partial charge in [0.1, 0.15) is 5.56 Å². The molecule has 1 aliphatic heterocycles. The molecule has 1 atom stereocenters. The van der Waals surface area contributed by atoms with Gasteiger partial charge in [-0.2, -0.15) is 0 Å². The lowest BCUT2D eigenvalue weighted by molar-refractivity contribution is 0.0236. The van der Waals surface area contributed by atoms with E-state index in [1.807, 2.05) is 32.8 Å². The third kappa shape index (κ3) is 3.48. The van der Waals surface area contributed by atoms with Gasteiger partial charge in [0.25, 0.3) is 11.5 Å². The summed E-state index contributed by atoms with van der Waals surface area (Å²) in [6.07, 6.45) is 1.28. The number of β-amino-alcohol motifs (C(OH)–C–C–N with tert-alkyl or cyclic N) is 1. The Labute approximate surface area is 137 Å². The third-order valence-electron chi connectivity index (χ3n) is 4.55. The molecule has 0 radical (unpaired) electrons. The Kier molecular flexibility index (Phi) is 4.96. The van der Waals surface area contributed by atoms with E-state index in [1.54, 1.807) is 22.6 Å². The Morgan fingerprint density at radius 1 is 1.43 bits per heavy atom. The molecule has 1 aliphatic rings. The molecule has 1 aromatic heterocycles. The average Bonchev–Trinajstić information content (AvgIpc) is 2.83. The molecule has 2 heterocycles. The average molecular weight is 321 g/mol. The monoisotopic (exact) mass is 321 g/mol. The first-order valence-electron chi connectivity index (χ1n) is 8.04. The van der Waals surface area contributed by atoms with Crippen LogP contribution in [0, 0.1) is 6.92 Å².